The van der Waals surface area contributed by atoms with Crippen molar-refractivity contribution in [2.75, 3.05) is 26.2 Å². The summed E-state index contributed by atoms with van der Waals surface area (Å²) in [6.07, 6.45) is 4.23. The maximum Gasteiger partial charge on any atom is 0.243 e. The first-order valence-corrected chi connectivity index (χ1v) is 11.7. The summed E-state index contributed by atoms with van der Waals surface area (Å²) in [4.78, 5) is 14.9. The van der Waals surface area contributed by atoms with E-state index in [4.69, 9.17) is 5.73 Å². The van der Waals surface area contributed by atoms with Crippen molar-refractivity contribution in [3.8, 4) is 0 Å². The summed E-state index contributed by atoms with van der Waals surface area (Å²) in [6, 6.07) is 7.16. The average Bonchev–Trinajstić information content (AvgIpc) is 2.68. The van der Waals surface area contributed by atoms with E-state index in [2.05, 4.69) is 25.7 Å². The number of carbonyl (C=O) groups excluding carboxylic acids is 1. The van der Waals surface area contributed by atoms with Gasteiger partial charge in [0.05, 0.1) is 4.90 Å². The molecule has 2 N–H and O–H groups in total. The van der Waals surface area contributed by atoms with Crippen molar-refractivity contribution in [1.29, 1.82) is 0 Å². The number of nitrogens with zero attached hydrogens (tertiary/aromatic N) is 2. The number of piperidine rings is 2. The van der Waals surface area contributed by atoms with Crippen LogP contribution in [0.25, 0.3) is 0 Å². The molecule has 1 aromatic carbocycles. The Morgan fingerprint density at radius 2 is 1.50 bits per heavy atom. The number of carbonyl (C=O) groups is 1. The van der Waals surface area contributed by atoms with E-state index >= 15 is 0 Å². The minimum absolute atomic E-state index is 0.0249. The Labute approximate surface area is 169 Å². The number of sulfonamides is 1. The van der Waals surface area contributed by atoms with Crippen LogP contribution in [-0.4, -0.2) is 55.2 Å². The van der Waals surface area contributed by atoms with Crippen molar-refractivity contribution in [2.45, 2.75) is 68.7 Å². The zero-order valence-electron chi connectivity index (χ0n) is 17.3. The van der Waals surface area contributed by atoms with Crippen LogP contribution >= 0.6 is 0 Å². The van der Waals surface area contributed by atoms with Gasteiger partial charge in [-0.15, -0.1) is 0 Å². The Hall–Kier alpha value is -1.44. The fourth-order valence-electron chi connectivity index (χ4n) is 4.41. The number of amides is 1. The molecule has 2 aliphatic heterocycles. The standard InChI is InChI=1S/C21H33N3O3S/c1-20(2,3)17-7-9-18(10-8-17)28(26,27)24-15-11-21(12-16-24,19(22)25)23-13-5-4-6-14-23/h7-10H,4-6,11-16H2,1-3H3,(H2,22,25). The van der Waals surface area contributed by atoms with Gasteiger partial charge in [-0.05, 0) is 61.9 Å². The highest BCUT2D eigenvalue weighted by molar-refractivity contribution is 7.89. The van der Waals surface area contributed by atoms with E-state index < -0.39 is 15.6 Å². The lowest BCUT2D eigenvalue weighted by molar-refractivity contribution is -0.134. The lowest BCUT2D eigenvalue weighted by atomic mass is 9.84. The van der Waals surface area contributed by atoms with Crippen molar-refractivity contribution in [3.05, 3.63) is 29.8 Å². The molecule has 2 heterocycles. The number of hydrogen-bond donors (Lipinski definition) is 1. The van der Waals surface area contributed by atoms with Crippen LogP contribution in [-0.2, 0) is 20.2 Å². The lowest BCUT2D eigenvalue weighted by Crippen LogP contribution is -2.63. The third-order valence-corrected chi connectivity index (χ3v) is 8.24. The van der Waals surface area contributed by atoms with E-state index in [0.717, 1.165) is 31.5 Å². The molecule has 0 aromatic heterocycles. The molecule has 0 bridgehead atoms. The molecule has 6 nitrogen and oxygen atoms in total. The highest BCUT2D eigenvalue weighted by atomic mass is 32.2. The number of likely N-dealkylation sites (tertiary alicyclic amines) is 1. The van der Waals surface area contributed by atoms with Crippen molar-refractivity contribution in [3.63, 3.8) is 0 Å². The fraction of sp³-hybridized carbons (Fsp3) is 0.667. The SMILES string of the molecule is CC(C)(C)c1ccc(S(=O)(=O)N2CCC(C(N)=O)(N3CCCCC3)CC2)cc1. The Morgan fingerprint density at radius 3 is 1.96 bits per heavy atom. The fourth-order valence-corrected chi connectivity index (χ4v) is 5.85. The predicted molar refractivity (Wildman–Crippen MR) is 110 cm³/mol. The third kappa shape index (κ3) is 3.98. The number of primary amides is 1. The van der Waals surface area contributed by atoms with E-state index in [0.29, 0.717) is 30.8 Å². The van der Waals surface area contributed by atoms with Gasteiger partial charge in [0.2, 0.25) is 15.9 Å². The van der Waals surface area contributed by atoms with E-state index in [9.17, 15) is 13.2 Å². The molecule has 1 amide bonds. The predicted octanol–water partition coefficient (Wildman–Crippen LogP) is 2.48. The van der Waals surface area contributed by atoms with Gasteiger partial charge in [-0.2, -0.15) is 4.31 Å². The number of benzene rings is 1. The van der Waals surface area contributed by atoms with E-state index in [1.54, 1.807) is 12.1 Å². The number of nitrogens with two attached hydrogens (primary N) is 1. The van der Waals surface area contributed by atoms with Crippen LogP contribution in [0.1, 0.15) is 58.4 Å². The summed E-state index contributed by atoms with van der Waals surface area (Å²) in [5, 5.41) is 0. The molecule has 7 heteroatoms. The van der Waals surface area contributed by atoms with E-state index in [1.807, 2.05) is 12.1 Å². The molecule has 0 aliphatic carbocycles. The zero-order valence-corrected chi connectivity index (χ0v) is 18.1. The largest absolute Gasteiger partial charge is 0.368 e. The molecule has 0 radical (unpaired) electrons. The summed E-state index contributed by atoms with van der Waals surface area (Å²) >= 11 is 0. The van der Waals surface area contributed by atoms with Crippen molar-refractivity contribution in [1.82, 2.24) is 9.21 Å². The molecule has 2 saturated heterocycles. The van der Waals surface area contributed by atoms with Crippen LogP contribution in [0.5, 0.6) is 0 Å². The summed E-state index contributed by atoms with van der Waals surface area (Å²) in [7, 11) is -3.57. The monoisotopic (exact) mass is 407 g/mol. The van der Waals surface area contributed by atoms with Gasteiger partial charge >= 0.3 is 0 Å². The quantitative estimate of drug-likeness (QED) is 0.831. The van der Waals surface area contributed by atoms with E-state index in [-0.39, 0.29) is 11.3 Å². The molecule has 0 saturated carbocycles. The Morgan fingerprint density at radius 1 is 0.964 bits per heavy atom. The molecule has 3 rings (SSSR count). The van der Waals surface area contributed by atoms with Crippen LogP contribution in [0.4, 0.5) is 0 Å². The highest BCUT2D eigenvalue weighted by Gasteiger charge is 2.47. The molecule has 28 heavy (non-hydrogen) atoms. The van der Waals surface area contributed by atoms with Gasteiger partial charge in [0.15, 0.2) is 0 Å². The van der Waals surface area contributed by atoms with Gasteiger partial charge in [-0.1, -0.05) is 39.3 Å². The third-order valence-electron chi connectivity index (χ3n) is 6.33. The normalized spacial score (nSPS) is 22.1. The molecule has 2 aliphatic rings. The molecular formula is C21H33N3O3S. The van der Waals surface area contributed by atoms with Crippen LogP contribution in [0, 0.1) is 0 Å². The summed E-state index contributed by atoms with van der Waals surface area (Å²) in [6.45, 7) is 8.68. The van der Waals surface area contributed by atoms with Gasteiger partial charge in [0, 0.05) is 13.1 Å². The van der Waals surface area contributed by atoms with Gasteiger partial charge in [-0.3, -0.25) is 9.69 Å². The first-order valence-electron chi connectivity index (χ1n) is 10.2. The lowest BCUT2D eigenvalue weighted by Gasteiger charge is -2.47. The molecule has 156 valence electrons. The molecular weight excluding hydrogens is 374 g/mol. The van der Waals surface area contributed by atoms with E-state index in [1.165, 1.54) is 10.7 Å². The first-order chi connectivity index (χ1) is 13.1. The van der Waals surface area contributed by atoms with Crippen LogP contribution < -0.4 is 5.73 Å². The number of rotatable bonds is 4. The van der Waals surface area contributed by atoms with Gasteiger partial charge in [0.25, 0.3) is 0 Å². The highest BCUT2D eigenvalue weighted by Crippen LogP contribution is 2.34. The zero-order chi connectivity index (χ0) is 20.6. The molecule has 0 spiro atoms. The Balaban J connectivity index is 1.76. The summed E-state index contributed by atoms with van der Waals surface area (Å²) < 4.78 is 27.7. The molecule has 0 atom stereocenters. The van der Waals surface area contributed by atoms with Crippen LogP contribution in [0.3, 0.4) is 0 Å². The van der Waals surface area contributed by atoms with Crippen molar-refractivity contribution in [2.24, 2.45) is 5.73 Å². The molecule has 0 unspecified atom stereocenters. The maximum atomic E-state index is 13.1. The Bertz CT molecular complexity index is 798. The number of hydrogen-bond acceptors (Lipinski definition) is 4. The van der Waals surface area contributed by atoms with Gasteiger partial charge < -0.3 is 5.73 Å². The smallest absolute Gasteiger partial charge is 0.243 e. The second-order valence-corrected chi connectivity index (χ2v) is 11.1. The summed E-state index contributed by atoms with van der Waals surface area (Å²) in [5.74, 6) is -0.319. The van der Waals surface area contributed by atoms with Crippen LogP contribution in [0.2, 0.25) is 0 Å². The first kappa shape index (κ1) is 21.3. The second kappa shape index (κ2) is 7.76. The van der Waals surface area contributed by atoms with Crippen molar-refractivity contribution >= 4 is 15.9 Å². The van der Waals surface area contributed by atoms with Gasteiger partial charge in [0.1, 0.15) is 5.54 Å². The van der Waals surface area contributed by atoms with Crippen molar-refractivity contribution < 1.29 is 13.2 Å². The minimum Gasteiger partial charge on any atom is -0.368 e. The molecule has 1 aromatic rings. The minimum atomic E-state index is -3.57. The van der Waals surface area contributed by atoms with Gasteiger partial charge in [-0.25, -0.2) is 8.42 Å². The van der Waals surface area contributed by atoms with Crippen LogP contribution in [0.15, 0.2) is 29.2 Å². The topological polar surface area (TPSA) is 83.7 Å². The molecule has 2 fully saturated rings. The second-order valence-electron chi connectivity index (χ2n) is 9.12. The summed E-state index contributed by atoms with van der Waals surface area (Å²) in [5.41, 5.74) is 6.18. The maximum absolute atomic E-state index is 13.1. The average molecular weight is 408 g/mol. The Kier molecular flexibility index (Phi) is 5.90.